The van der Waals surface area contributed by atoms with Gasteiger partial charge in [-0.05, 0) is 46.5 Å². The maximum Gasteiger partial charge on any atom is 0.317 e. The van der Waals surface area contributed by atoms with Gasteiger partial charge in [-0.25, -0.2) is 4.79 Å². The lowest BCUT2D eigenvalue weighted by Gasteiger charge is -2.40. The van der Waals surface area contributed by atoms with Gasteiger partial charge in [0.05, 0.1) is 11.0 Å². The zero-order valence-electron chi connectivity index (χ0n) is 14.0. The fourth-order valence-corrected chi connectivity index (χ4v) is 2.63. The van der Waals surface area contributed by atoms with Gasteiger partial charge in [-0.1, -0.05) is 19.3 Å². The Bertz CT molecular complexity index is 385. The third kappa shape index (κ3) is 4.35. The van der Waals surface area contributed by atoms with Crippen LogP contribution >= 0.6 is 0 Å². The highest BCUT2D eigenvalue weighted by Gasteiger charge is 2.44. The highest BCUT2D eigenvalue weighted by Crippen LogP contribution is 2.31. The normalized spacial score (nSPS) is 17.4. The maximum absolute atomic E-state index is 12.3. The molecule has 0 aromatic heterocycles. The van der Waals surface area contributed by atoms with Gasteiger partial charge in [-0.2, -0.15) is 0 Å². The summed E-state index contributed by atoms with van der Waals surface area (Å²) in [5, 5.41) is 12.2. The second-order valence-corrected chi connectivity index (χ2v) is 7.37. The number of carboxylic acids is 1. The van der Waals surface area contributed by atoms with E-state index in [-0.39, 0.29) is 6.03 Å². The molecule has 5 nitrogen and oxygen atoms in total. The molecule has 0 aliphatic heterocycles. The van der Waals surface area contributed by atoms with Crippen molar-refractivity contribution in [2.45, 2.75) is 65.3 Å². The van der Waals surface area contributed by atoms with Gasteiger partial charge in [0, 0.05) is 13.6 Å². The molecule has 2 N–H and O–H groups in total. The van der Waals surface area contributed by atoms with E-state index in [0.29, 0.717) is 5.92 Å². The van der Waals surface area contributed by atoms with Gasteiger partial charge >= 0.3 is 12.0 Å². The van der Waals surface area contributed by atoms with Crippen LogP contribution in [0.3, 0.4) is 0 Å². The average molecular weight is 298 g/mol. The lowest BCUT2D eigenvalue weighted by molar-refractivity contribution is -0.150. The summed E-state index contributed by atoms with van der Waals surface area (Å²) >= 11 is 0. The van der Waals surface area contributed by atoms with Crippen molar-refractivity contribution >= 4 is 12.0 Å². The van der Waals surface area contributed by atoms with Crippen LogP contribution in [-0.4, -0.2) is 41.1 Å². The summed E-state index contributed by atoms with van der Waals surface area (Å²) in [7, 11) is 1.79. The van der Waals surface area contributed by atoms with Gasteiger partial charge in [0.25, 0.3) is 0 Å². The van der Waals surface area contributed by atoms with Crippen LogP contribution in [0.4, 0.5) is 4.79 Å². The number of urea groups is 1. The molecule has 1 aliphatic carbocycles. The number of carbonyl (C=O) groups is 2. The predicted octanol–water partition coefficient (Wildman–Crippen LogP) is 3.10. The molecule has 122 valence electrons. The average Bonchev–Trinajstić information content (AvgIpc) is 2.38. The number of hydrogen-bond acceptors (Lipinski definition) is 2. The molecule has 0 unspecified atom stereocenters. The summed E-state index contributed by atoms with van der Waals surface area (Å²) in [6.45, 7) is 7.53. The third-order valence-electron chi connectivity index (χ3n) is 5.12. The Morgan fingerprint density at radius 1 is 1.14 bits per heavy atom. The fraction of sp³-hybridized carbons (Fsp3) is 0.875. The van der Waals surface area contributed by atoms with Crippen molar-refractivity contribution in [1.29, 1.82) is 0 Å². The molecular weight excluding hydrogens is 268 g/mol. The van der Waals surface area contributed by atoms with Crippen molar-refractivity contribution in [1.82, 2.24) is 10.2 Å². The second-order valence-electron chi connectivity index (χ2n) is 7.37. The van der Waals surface area contributed by atoms with Crippen LogP contribution in [0.5, 0.6) is 0 Å². The molecule has 0 saturated heterocycles. The molecule has 21 heavy (non-hydrogen) atoms. The van der Waals surface area contributed by atoms with Crippen molar-refractivity contribution in [2.24, 2.45) is 11.3 Å². The van der Waals surface area contributed by atoms with Crippen LogP contribution in [0.2, 0.25) is 0 Å². The van der Waals surface area contributed by atoms with E-state index < -0.39 is 16.9 Å². The first kappa shape index (κ1) is 17.8. The molecule has 0 radical (unpaired) electrons. The standard InChI is InChI=1S/C16H30N2O3/c1-15(2,13(19)20)16(3,4)17-14(21)18(5)11-12-9-7-6-8-10-12/h12H,6-11H2,1-5H3,(H,17,21)(H,19,20). The molecular formula is C16H30N2O3. The highest BCUT2D eigenvalue weighted by molar-refractivity contribution is 5.79. The first-order valence-electron chi connectivity index (χ1n) is 7.84. The Kier molecular flexibility index (Phi) is 5.65. The van der Waals surface area contributed by atoms with Gasteiger partial charge in [0.15, 0.2) is 0 Å². The van der Waals surface area contributed by atoms with Crippen LogP contribution in [0.25, 0.3) is 0 Å². The molecule has 0 aromatic rings. The smallest absolute Gasteiger partial charge is 0.317 e. The lowest BCUT2D eigenvalue weighted by atomic mass is 9.74. The Morgan fingerprint density at radius 2 is 1.67 bits per heavy atom. The topological polar surface area (TPSA) is 69.6 Å². The first-order valence-corrected chi connectivity index (χ1v) is 7.84. The van der Waals surface area contributed by atoms with Crippen molar-refractivity contribution in [3.8, 4) is 0 Å². The van der Waals surface area contributed by atoms with Crippen molar-refractivity contribution in [3.63, 3.8) is 0 Å². The predicted molar refractivity (Wildman–Crippen MR) is 83.2 cm³/mol. The lowest BCUT2D eigenvalue weighted by Crippen LogP contribution is -2.59. The summed E-state index contributed by atoms with van der Waals surface area (Å²) < 4.78 is 0. The van der Waals surface area contributed by atoms with E-state index in [0.717, 1.165) is 6.54 Å². The molecule has 0 bridgehead atoms. The van der Waals surface area contributed by atoms with Gasteiger partial charge in [0.2, 0.25) is 0 Å². The van der Waals surface area contributed by atoms with E-state index in [1.807, 2.05) is 0 Å². The van der Waals surface area contributed by atoms with Gasteiger partial charge in [-0.3, -0.25) is 4.79 Å². The first-order chi connectivity index (χ1) is 9.58. The molecule has 0 heterocycles. The van der Waals surface area contributed by atoms with Crippen LogP contribution in [0.1, 0.15) is 59.8 Å². The molecule has 0 atom stereocenters. The zero-order chi connectivity index (χ0) is 16.3. The Morgan fingerprint density at radius 3 is 2.14 bits per heavy atom. The maximum atomic E-state index is 12.3. The van der Waals surface area contributed by atoms with E-state index in [1.165, 1.54) is 32.1 Å². The number of nitrogens with zero attached hydrogens (tertiary/aromatic N) is 1. The summed E-state index contributed by atoms with van der Waals surface area (Å²) in [5.41, 5.74) is -1.86. The minimum atomic E-state index is -1.03. The SMILES string of the molecule is CN(CC1CCCCC1)C(=O)NC(C)(C)C(C)(C)C(=O)O. The van der Waals surface area contributed by atoms with Crippen LogP contribution in [0.15, 0.2) is 0 Å². The molecule has 1 saturated carbocycles. The largest absolute Gasteiger partial charge is 0.481 e. The van der Waals surface area contributed by atoms with Gasteiger partial charge in [-0.15, -0.1) is 0 Å². The fourth-order valence-electron chi connectivity index (χ4n) is 2.63. The number of rotatable bonds is 5. The van der Waals surface area contributed by atoms with E-state index in [9.17, 15) is 14.7 Å². The molecule has 5 heteroatoms. The Balaban J connectivity index is 2.60. The minimum Gasteiger partial charge on any atom is -0.481 e. The van der Waals surface area contributed by atoms with E-state index >= 15 is 0 Å². The zero-order valence-corrected chi connectivity index (χ0v) is 14.0. The van der Waals surface area contributed by atoms with Crippen molar-refractivity contribution in [3.05, 3.63) is 0 Å². The molecule has 0 aromatic carbocycles. The summed E-state index contributed by atoms with van der Waals surface area (Å²) in [6, 6.07) is -0.195. The Labute approximate surface area is 128 Å². The molecule has 1 rings (SSSR count). The minimum absolute atomic E-state index is 0.195. The van der Waals surface area contributed by atoms with Crippen LogP contribution in [0, 0.1) is 11.3 Å². The summed E-state index contributed by atoms with van der Waals surface area (Å²) in [6.07, 6.45) is 6.16. The van der Waals surface area contributed by atoms with Crippen molar-refractivity contribution < 1.29 is 14.7 Å². The number of aliphatic carboxylic acids is 1. The molecule has 1 aliphatic rings. The quantitative estimate of drug-likeness (QED) is 0.819. The summed E-state index contributed by atoms with van der Waals surface area (Å²) in [4.78, 5) is 25.4. The molecule has 0 spiro atoms. The highest BCUT2D eigenvalue weighted by atomic mass is 16.4. The second kappa shape index (κ2) is 6.67. The van der Waals surface area contributed by atoms with E-state index in [1.54, 1.807) is 39.6 Å². The van der Waals surface area contributed by atoms with Crippen LogP contribution in [-0.2, 0) is 4.79 Å². The number of hydrogen-bond donors (Lipinski definition) is 2. The summed E-state index contributed by atoms with van der Waals surface area (Å²) in [5.74, 6) is -0.340. The monoisotopic (exact) mass is 298 g/mol. The van der Waals surface area contributed by atoms with Crippen molar-refractivity contribution in [2.75, 3.05) is 13.6 Å². The Hall–Kier alpha value is -1.26. The van der Waals surface area contributed by atoms with Gasteiger partial charge in [0.1, 0.15) is 0 Å². The molecule has 1 fully saturated rings. The van der Waals surface area contributed by atoms with E-state index in [4.69, 9.17) is 0 Å². The number of carbonyl (C=O) groups excluding carboxylic acids is 1. The number of nitrogens with one attached hydrogen (secondary N) is 1. The van der Waals surface area contributed by atoms with E-state index in [2.05, 4.69) is 5.32 Å². The van der Waals surface area contributed by atoms with Gasteiger partial charge < -0.3 is 15.3 Å². The van der Waals surface area contributed by atoms with Crippen LogP contribution < -0.4 is 5.32 Å². The number of carboxylic acid groups (broad SMARTS) is 1. The third-order valence-corrected chi connectivity index (χ3v) is 5.12. The number of amides is 2. The molecule has 2 amide bonds.